The van der Waals surface area contributed by atoms with Crippen molar-refractivity contribution in [3.8, 4) is 0 Å². The highest BCUT2D eigenvalue weighted by atomic mass is 16.5. The molecule has 0 aromatic heterocycles. The van der Waals surface area contributed by atoms with Crippen molar-refractivity contribution in [2.75, 3.05) is 33.3 Å². The summed E-state index contributed by atoms with van der Waals surface area (Å²) in [5.74, 6) is 0. The molecule has 0 rings (SSSR count). The summed E-state index contributed by atoms with van der Waals surface area (Å²) < 4.78 is 5.44. The summed E-state index contributed by atoms with van der Waals surface area (Å²) in [6.45, 7) is 12.5. The van der Waals surface area contributed by atoms with Crippen molar-refractivity contribution in [3.63, 3.8) is 0 Å². The Morgan fingerprint density at radius 3 is 2.40 bits per heavy atom. The molecular weight excluding hydrogens is 188 g/mol. The third-order valence-corrected chi connectivity index (χ3v) is 2.71. The number of hydrogen-bond donors (Lipinski definition) is 1. The van der Waals surface area contributed by atoms with Crippen molar-refractivity contribution in [2.24, 2.45) is 0 Å². The van der Waals surface area contributed by atoms with E-state index in [2.05, 4.69) is 45.0 Å². The van der Waals surface area contributed by atoms with E-state index in [9.17, 15) is 0 Å². The van der Waals surface area contributed by atoms with Gasteiger partial charge in [0, 0.05) is 25.7 Å². The van der Waals surface area contributed by atoms with E-state index in [1.807, 2.05) is 0 Å². The predicted octanol–water partition coefficient (Wildman–Crippen LogP) is 1.73. The Kier molecular flexibility index (Phi) is 9.06. The molecule has 0 aliphatic rings. The number of rotatable bonds is 9. The number of likely N-dealkylation sites (N-methyl/N-ethyl adjacent to an activating group) is 1. The highest BCUT2D eigenvalue weighted by Gasteiger charge is 2.04. The van der Waals surface area contributed by atoms with Gasteiger partial charge in [-0.05, 0) is 34.2 Å². The Labute approximate surface area is 95.2 Å². The topological polar surface area (TPSA) is 24.5 Å². The van der Waals surface area contributed by atoms with Gasteiger partial charge in [0.2, 0.25) is 0 Å². The molecule has 0 fully saturated rings. The van der Waals surface area contributed by atoms with Crippen LogP contribution in [0.5, 0.6) is 0 Å². The van der Waals surface area contributed by atoms with E-state index in [0.717, 1.165) is 26.2 Å². The zero-order valence-electron chi connectivity index (χ0n) is 11.0. The first-order valence-electron chi connectivity index (χ1n) is 6.10. The molecule has 92 valence electrons. The molecule has 0 aliphatic heterocycles. The molecule has 0 saturated carbocycles. The maximum atomic E-state index is 5.44. The monoisotopic (exact) mass is 216 g/mol. The molecule has 3 heteroatoms. The third kappa shape index (κ3) is 8.85. The summed E-state index contributed by atoms with van der Waals surface area (Å²) >= 11 is 0. The molecule has 0 heterocycles. The van der Waals surface area contributed by atoms with Gasteiger partial charge in [-0.25, -0.2) is 0 Å². The van der Waals surface area contributed by atoms with Crippen LogP contribution in [0.2, 0.25) is 0 Å². The van der Waals surface area contributed by atoms with Crippen LogP contribution in [0.15, 0.2) is 0 Å². The summed E-state index contributed by atoms with van der Waals surface area (Å²) in [4.78, 5) is 2.39. The second-order valence-corrected chi connectivity index (χ2v) is 4.41. The fourth-order valence-electron chi connectivity index (χ4n) is 1.28. The van der Waals surface area contributed by atoms with Gasteiger partial charge >= 0.3 is 0 Å². The molecule has 15 heavy (non-hydrogen) atoms. The normalized spacial score (nSPS) is 13.8. The standard InChI is InChI=1S/C12H28N2O/c1-6-12(4)14(5)9-7-13-8-10-15-11(2)3/h11-13H,6-10H2,1-5H3. The minimum absolute atomic E-state index is 0.342. The molecule has 0 aromatic carbocycles. The van der Waals surface area contributed by atoms with Gasteiger partial charge in [0.1, 0.15) is 0 Å². The zero-order chi connectivity index (χ0) is 11.7. The van der Waals surface area contributed by atoms with Crippen LogP contribution in [0.3, 0.4) is 0 Å². The molecule has 0 aromatic rings. The fraction of sp³-hybridized carbons (Fsp3) is 1.00. The van der Waals surface area contributed by atoms with Crippen molar-refractivity contribution in [1.29, 1.82) is 0 Å². The van der Waals surface area contributed by atoms with Gasteiger partial charge < -0.3 is 15.0 Å². The second-order valence-electron chi connectivity index (χ2n) is 4.41. The lowest BCUT2D eigenvalue weighted by Crippen LogP contribution is -2.36. The molecule has 3 nitrogen and oxygen atoms in total. The smallest absolute Gasteiger partial charge is 0.0594 e. The molecule has 0 spiro atoms. The molecule has 1 N–H and O–H groups in total. The Balaban J connectivity index is 3.23. The van der Waals surface area contributed by atoms with Crippen molar-refractivity contribution in [1.82, 2.24) is 10.2 Å². The van der Waals surface area contributed by atoms with Crippen molar-refractivity contribution in [3.05, 3.63) is 0 Å². The van der Waals surface area contributed by atoms with Crippen LogP contribution in [0.25, 0.3) is 0 Å². The average Bonchev–Trinajstić information content (AvgIpc) is 2.21. The Morgan fingerprint density at radius 2 is 1.87 bits per heavy atom. The van der Waals surface area contributed by atoms with Crippen LogP contribution in [-0.4, -0.2) is 50.3 Å². The molecular formula is C12H28N2O. The highest BCUT2D eigenvalue weighted by molar-refractivity contribution is 4.62. The van der Waals surface area contributed by atoms with E-state index in [1.165, 1.54) is 6.42 Å². The van der Waals surface area contributed by atoms with E-state index < -0.39 is 0 Å². The largest absolute Gasteiger partial charge is 0.377 e. The Hall–Kier alpha value is -0.120. The third-order valence-electron chi connectivity index (χ3n) is 2.71. The summed E-state index contributed by atoms with van der Waals surface area (Å²) in [6.07, 6.45) is 1.56. The van der Waals surface area contributed by atoms with Crippen LogP contribution >= 0.6 is 0 Å². The predicted molar refractivity (Wildman–Crippen MR) is 66.3 cm³/mol. The first kappa shape index (κ1) is 14.9. The molecule has 0 saturated heterocycles. The lowest BCUT2D eigenvalue weighted by molar-refractivity contribution is 0.0804. The van der Waals surface area contributed by atoms with Crippen molar-refractivity contribution < 1.29 is 4.74 Å². The number of ether oxygens (including phenoxy) is 1. The lowest BCUT2D eigenvalue weighted by atomic mass is 10.2. The molecule has 1 unspecified atom stereocenters. The lowest BCUT2D eigenvalue weighted by Gasteiger charge is -2.23. The Morgan fingerprint density at radius 1 is 1.20 bits per heavy atom. The molecule has 0 aliphatic carbocycles. The summed E-state index contributed by atoms with van der Waals surface area (Å²) in [7, 11) is 2.18. The number of hydrogen-bond acceptors (Lipinski definition) is 3. The maximum Gasteiger partial charge on any atom is 0.0594 e. The first-order valence-corrected chi connectivity index (χ1v) is 6.10. The van der Waals surface area contributed by atoms with Gasteiger partial charge in [0.15, 0.2) is 0 Å². The van der Waals surface area contributed by atoms with E-state index in [-0.39, 0.29) is 0 Å². The molecule has 1 atom stereocenters. The van der Waals surface area contributed by atoms with Crippen LogP contribution in [-0.2, 0) is 4.74 Å². The van der Waals surface area contributed by atoms with E-state index in [1.54, 1.807) is 0 Å². The van der Waals surface area contributed by atoms with Crippen LogP contribution in [0.1, 0.15) is 34.1 Å². The van der Waals surface area contributed by atoms with Gasteiger partial charge in [0.25, 0.3) is 0 Å². The quantitative estimate of drug-likeness (QED) is 0.594. The SMILES string of the molecule is CCC(C)N(C)CCNCCOC(C)C. The summed E-state index contributed by atoms with van der Waals surface area (Å²) in [5, 5.41) is 3.38. The van der Waals surface area contributed by atoms with Crippen molar-refractivity contribution in [2.45, 2.75) is 46.3 Å². The summed E-state index contributed by atoms with van der Waals surface area (Å²) in [6, 6.07) is 0.679. The fourth-order valence-corrected chi connectivity index (χ4v) is 1.28. The molecule has 0 amide bonds. The minimum Gasteiger partial charge on any atom is -0.377 e. The van der Waals surface area contributed by atoms with E-state index in [4.69, 9.17) is 4.74 Å². The minimum atomic E-state index is 0.342. The second kappa shape index (κ2) is 9.13. The summed E-state index contributed by atoms with van der Waals surface area (Å²) in [5.41, 5.74) is 0. The average molecular weight is 216 g/mol. The molecule has 0 radical (unpaired) electrons. The van der Waals surface area contributed by atoms with Crippen LogP contribution in [0.4, 0.5) is 0 Å². The van der Waals surface area contributed by atoms with E-state index >= 15 is 0 Å². The number of nitrogens with zero attached hydrogens (tertiary/aromatic N) is 1. The first-order chi connectivity index (χ1) is 7.07. The van der Waals surface area contributed by atoms with Gasteiger partial charge in [0.05, 0.1) is 12.7 Å². The molecule has 0 bridgehead atoms. The van der Waals surface area contributed by atoms with Gasteiger partial charge in [-0.1, -0.05) is 6.92 Å². The zero-order valence-corrected chi connectivity index (χ0v) is 11.0. The van der Waals surface area contributed by atoms with Gasteiger partial charge in [-0.3, -0.25) is 0 Å². The van der Waals surface area contributed by atoms with Crippen LogP contribution in [0, 0.1) is 0 Å². The number of nitrogens with one attached hydrogen (secondary N) is 1. The van der Waals surface area contributed by atoms with Gasteiger partial charge in [-0.15, -0.1) is 0 Å². The Bertz CT molecular complexity index is 140. The van der Waals surface area contributed by atoms with E-state index in [0.29, 0.717) is 12.1 Å². The highest BCUT2D eigenvalue weighted by Crippen LogP contribution is 1.97. The maximum absolute atomic E-state index is 5.44. The van der Waals surface area contributed by atoms with Crippen LogP contribution < -0.4 is 5.32 Å². The van der Waals surface area contributed by atoms with Gasteiger partial charge in [-0.2, -0.15) is 0 Å². The van der Waals surface area contributed by atoms with Crippen molar-refractivity contribution >= 4 is 0 Å².